The van der Waals surface area contributed by atoms with E-state index in [9.17, 15) is 0 Å². The minimum Gasteiger partial charge on any atom is -0.333 e. The lowest BCUT2D eigenvalue weighted by Crippen LogP contribution is -2.30. The van der Waals surface area contributed by atoms with Crippen molar-refractivity contribution in [3.05, 3.63) is 209 Å². The van der Waals surface area contributed by atoms with Gasteiger partial charge in [0.15, 0.2) is 0 Å². The maximum Gasteiger partial charge on any atom is 0.134 e. The largest absolute Gasteiger partial charge is 0.333 e. The summed E-state index contributed by atoms with van der Waals surface area (Å²) in [6.07, 6.45) is 3.42. The van der Waals surface area contributed by atoms with Gasteiger partial charge in [-0.25, -0.2) is 4.98 Å². The smallest absolute Gasteiger partial charge is 0.134 e. The maximum atomic E-state index is 5.49. The number of imidazole rings is 1. The first kappa shape index (κ1) is 28.6. The van der Waals surface area contributed by atoms with Crippen LogP contribution >= 0.6 is 0 Å². The van der Waals surface area contributed by atoms with Crippen LogP contribution in [0.25, 0.3) is 56.1 Å². The van der Waals surface area contributed by atoms with Crippen molar-refractivity contribution in [1.29, 1.82) is 0 Å². The molecule has 4 heterocycles. The van der Waals surface area contributed by atoms with E-state index in [-0.39, 0.29) is 6.04 Å². The molecule has 2 unspecified atom stereocenters. The second-order valence-electron chi connectivity index (χ2n) is 15.1. The molecule has 4 heteroatoms. The number of rotatable bonds is 2. The van der Waals surface area contributed by atoms with E-state index in [2.05, 4.69) is 190 Å². The number of anilines is 2. The quantitative estimate of drug-likeness (QED) is 0.181. The van der Waals surface area contributed by atoms with Crippen LogP contribution in [0, 0.1) is 0 Å². The highest BCUT2D eigenvalue weighted by Gasteiger charge is 2.54. The van der Waals surface area contributed by atoms with E-state index in [1.54, 1.807) is 0 Å². The minimum absolute atomic E-state index is 0.220. The van der Waals surface area contributed by atoms with Crippen LogP contribution in [-0.4, -0.2) is 20.2 Å². The van der Waals surface area contributed by atoms with E-state index in [1.807, 2.05) is 0 Å². The van der Waals surface area contributed by atoms with Crippen molar-refractivity contribution in [3.8, 4) is 22.5 Å². The van der Waals surface area contributed by atoms with E-state index in [4.69, 9.17) is 4.98 Å². The summed E-state index contributed by atoms with van der Waals surface area (Å²) in [5.41, 5.74) is 19.6. The van der Waals surface area contributed by atoms with Gasteiger partial charge in [-0.05, 0) is 99.6 Å². The van der Waals surface area contributed by atoms with Gasteiger partial charge in [0.2, 0.25) is 0 Å². The molecule has 2 aromatic heterocycles. The predicted octanol–water partition coefficient (Wildman–Crippen LogP) is 11.3. The van der Waals surface area contributed by atoms with Crippen LogP contribution in [0.4, 0.5) is 11.4 Å². The zero-order valence-electron chi connectivity index (χ0n) is 29.3. The number of para-hydroxylation sites is 6. The molecule has 9 aromatic rings. The Bertz CT molecular complexity index is 3110. The molecule has 0 radical (unpaired) electrons. The summed E-state index contributed by atoms with van der Waals surface area (Å²) in [4.78, 5) is 8.04. The fourth-order valence-corrected chi connectivity index (χ4v) is 10.6. The van der Waals surface area contributed by atoms with Crippen molar-refractivity contribution in [1.82, 2.24) is 14.1 Å². The SMILES string of the molecule is C1=C2c3ccccc3N(c3ccccc3)C2Cc2c1n(-c1ccc3c(c1)C1(c4ccccc4-3)c3ccccc3-n3c1nc1ccccc13)c1ccccc21. The number of aromatic nitrogens is 3. The first-order valence-corrected chi connectivity index (χ1v) is 18.9. The molecule has 0 bridgehead atoms. The molecule has 2 aliphatic heterocycles. The van der Waals surface area contributed by atoms with Gasteiger partial charge in [0.1, 0.15) is 11.2 Å². The van der Waals surface area contributed by atoms with Crippen molar-refractivity contribution >= 4 is 45.0 Å². The van der Waals surface area contributed by atoms with Crippen molar-refractivity contribution in [2.45, 2.75) is 17.9 Å². The molecule has 0 N–H and O–H groups in total. The molecule has 13 rings (SSSR count). The van der Waals surface area contributed by atoms with Crippen LogP contribution < -0.4 is 4.90 Å². The highest BCUT2D eigenvalue weighted by Crippen LogP contribution is 2.61. The van der Waals surface area contributed by atoms with Crippen LogP contribution in [0.1, 0.15) is 39.3 Å². The Labute approximate surface area is 312 Å². The Morgan fingerprint density at radius 2 is 1.20 bits per heavy atom. The first-order chi connectivity index (χ1) is 26.8. The third-order valence-corrected chi connectivity index (χ3v) is 12.6. The molecular weight excluding hydrogens is 657 g/mol. The molecule has 1 spiro atoms. The van der Waals surface area contributed by atoms with Crippen molar-refractivity contribution < 1.29 is 0 Å². The average molecular weight is 689 g/mol. The van der Waals surface area contributed by atoms with Crippen molar-refractivity contribution in [3.63, 3.8) is 0 Å². The average Bonchev–Trinajstić information content (AvgIpc) is 4.00. The molecule has 0 saturated carbocycles. The fourth-order valence-electron chi connectivity index (χ4n) is 10.6. The van der Waals surface area contributed by atoms with Gasteiger partial charge in [0, 0.05) is 34.4 Å². The van der Waals surface area contributed by atoms with E-state index < -0.39 is 5.41 Å². The molecule has 2 aliphatic carbocycles. The summed E-state index contributed by atoms with van der Waals surface area (Å²) < 4.78 is 4.94. The van der Waals surface area contributed by atoms with Crippen LogP contribution in [0.15, 0.2) is 170 Å². The molecule has 4 aliphatic rings. The second-order valence-corrected chi connectivity index (χ2v) is 15.1. The Morgan fingerprint density at radius 3 is 2.09 bits per heavy atom. The van der Waals surface area contributed by atoms with Crippen LogP contribution in [0.2, 0.25) is 0 Å². The lowest BCUT2D eigenvalue weighted by atomic mass is 9.73. The summed E-state index contributed by atoms with van der Waals surface area (Å²) >= 11 is 0. The molecule has 2 atom stereocenters. The predicted molar refractivity (Wildman–Crippen MR) is 219 cm³/mol. The van der Waals surface area contributed by atoms with E-state index >= 15 is 0 Å². The Balaban J connectivity index is 1.08. The molecule has 4 nitrogen and oxygen atoms in total. The number of benzene rings is 7. The third kappa shape index (κ3) is 3.38. The molecule has 0 fully saturated rings. The minimum atomic E-state index is -0.551. The number of fused-ring (bicyclic) bond motifs is 18. The van der Waals surface area contributed by atoms with Gasteiger partial charge in [-0.3, -0.25) is 4.57 Å². The summed E-state index contributed by atoms with van der Waals surface area (Å²) in [5.74, 6) is 1.07. The summed E-state index contributed by atoms with van der Waals surface area (Å²) in [7, 11) is 0. The zero-order valence-corrected chi connectivity index (χ0v) is 29.3. The number of hydrogen-bond donors (Lipinski definition) is 0. The van der Waals surface area contributed by atoms with Gasteiger partial charge in [0.05, 0.1) is 34.0 Å². The van der Waals surface area contributed by atoms with Gasteiger partial charge >= 0.3 is 0 Å². The molecule has 0 saturated heterocycles. The number of nitrogens with zero attached hydrogens (tertiary/aromatic N) is 4. The van der Waals surface area contributed by atoms with Gasteiger partial charge in [-0.1, -0.05) is 115 Å². The summed E-state index contributed by atoms with van der Waals surface area (Å²) in [5, 5.41) is 1.32. The number of hydrogen-bond acceptors (Lipinski definition) is 2. The van der Waals surface area contributed by atoms with Gasteiger partial charge in [0.25, 0.3) is 0 Å². The van der Waals surface area contributed by atoms with Gasteiger partial charge in [-0.15, -0.1) is 0 Å². The lowest BCUT2D eigenvalue weighted by Gasteiger charge is -2.30. The Hall–Kier alpha value is -6.91. The molecule has 54 heavy (non-hydrogen) atoms. The standard InChI is InChI=1S/C50H32N4/c1-2-14-31(15-3-1)52-43-22-10-5-17-35(43)37-30-48-38(29-47(37)52)36-18-6-11-23-44(36)53(48)32-26-27-34-33-16-4-7-19-39(33)50(41(34)28-32)40-20-8-12-24-45(40)54-46-25-13-9-21-42(46)51-49(50)54/h1-28,30,47H,29H2. The van der Waals surface area contributed by atoms with Crippen LogP contribution in [-0.2, 0) is 11.8 Å². The summed E-state index contributed by atoms with van der Waals surface area (Å²) in [6.45, 7) is 0. The summed E-state index contributed by atoms with van der Waals surface area (Å²) in [6, 6.07) is 62.7. The highest BCUT2D eigenvalue weighted by atomic mass is 15.2. The molecule has 0 amide bonds. The maximum absolute atomic E-state index is 5.49. The van der Waals surface area contributed by atoms with E-state index in [1.165, 1.54) is 83.9 Å². The second kappa shape index (κ2) is 10.1. The van der Waals surface area contributed by atoms with E-state index in [0.29, 0.717) is 0 Å². The third-order valence-electron chi connectivity index (χ3n) is 12.6. The van der Waals surface area contributed by atoms with Crippen LogP contribution in [0.5, 0.6) is 0 Å². The Morgan fingerprint density at radius 1 is 0.519 bits per heavy atom. The molecule has 252 valence electrons. The Kier molecular flexibility index (Phi) is 5.38. The first-order valence-electron chi connectivity index (χ1n) is 18.9. The molecule has 7 aromatic carbocycles. The van der Waals surface area contributed by atoms with Gasteiger partial charge in [-0.2, -0.15) is 0 Å². The topological polar surface area (TPSA) is 26.0 Å². The normalized spacial score (nSPS) is 18.3. The highest BCUT2D eigenvalue weighted by molar-refractivity contribution is 6.04. The fraction of sp³-hybridized carbons (Fsp3) is 0.0600. The lowest BCUT2D eigenvalue weighted by molar-refractivity contribution is 0.737. The van der Waals surface area contributed by atoms with Crippen molar-refractivity contribution in [2.75, 3.05) is 4.90 Å². The monoisotopic (exact) mass is 688 g/mol. The van der Waals surface area contributed by atoms with Gasteiger partial charge < -0.3 is 9.47 Å². The molecular formula is C50H32N4. The van der Waals surface area contributed by atoms with Crippen LogP contribution in [0.3, 0.4) is 0 Å². The van der Waals surface area contributed by atoms with Crippen molar-refractivity contribution in [2.24, 2.45) is 0 Å². The van der Waals surface area contributed by atoms with E-state index in [0.717, 1.165) is 23.3 Å². The zero-order chi connectivity index (χ0) is 35.1.